The number of benzene rings is 1. The standard InChI is InChI=1S/C14H18F3NO/c15-14(16,17)10-6-4-5-7-11(10)18-12-8-2-1-3-9-13(12)19/h4-7,12-13,18-19H,1-3,8-9H2. The highest BCUT2D eigenvalue weighted by Gasteiger charge is 2.34. The predicted octanol–water partition coefficient (Wildman–Crippen LogP) is 3.81. The molecule has 1 aliphatic rings. The summed E-state index contributed by atoms with van der Waals surface area (Å²) < 4.78 is 38.6. The van der Waals surface area contributed by atoms with Gasteiger partial charge in [0.2, 0.25) is 0 Å². The minimum absolute atomic E-state index is 0.0564. The maximum Gasteiger partial charge on any atom is 0.418 e. The van der Waals surface area contributed by atoms with Gasteiger partial charge in [-0.3, -0.25) is 0 Å². The molecule has 2 N–H and O–H groups in total. The number of aliphatic hydroxyl groups excluding tert-OH is 1. The molecule has 0 aromatic heterocycles. The summed E-state index contributed by atoms with van der Waals surface area (Å²) in [6.45, 7) is 0. The highest BCUT2D eigenvalue weighted by molar-refractivity contribution is 5.53. The summed E-state index contributed by atoms with van der Waals surface area (Å²) in [7, 11) is 0. The van der Waals surface area contributed by atoms with Crippen LogP contribution in [0.4, 0.5) is 18.9 Å². The van der Waals surface area contributed by atoms with Crippen molar-refractivity contribution in [1.29, 1.82) is 0 Å². The van der Waals surface area contributed by atoms with Crippen LogP contribution in [-0.4, -0.2) is 17.3 Å². The fraction of sp³-hybridized carbons (Fsp3) is 0.571. The van der Waals surface area contributed by atoms with Crippen LogP contribution >= 0.6 is 0 Å². The Balaban J connectivity index is 2.18. The zero-order valence-electron chi connectivity index (χ0n) is 10.6. The van der Waals surface area contributed by atoms with Gasteiger partial charge in [0, 0.05) is 5.69 Å². The third kappa shape index (κ3) is 3.62. The average molecular weight is 273 g/mol. The van der Waals surface area contributed by atoms with Crippen LogP contribution in [0.3, 0.4) is 0 Å². The molecule has 0 amide bonds. The monoisotopic (exact) mass is 273 g/mol. The van der Waals surface area contributed by atoms with Crippen LogP contribution in [0.5, 0.6) is 0 Å². The molecule has 106 valence electrons. The van der Waals surface area contributed by atoms with Gasteiger partial charge in [-0.2, -0.15) is 13.2 Å². The van der Waals surface area contributed by atoms with Gasteiger partial charge in [0.25, 0.3) is 0 Å². The van der Waals surface area contributed by atoms with Crippen molar-refractivity contribution in [2.75, 3.05) is 5.32 Å². The number of anilines is 1. The summed E-state index contributed by atoms with van der Waals surface area (Å²) in [6.07, 6.45) is -0.721. The Morgan fingerprint density at radius 3 is 2.47 bits per heavy atom. The predicted molar refractivity (Wildman–Crippen MR) is 67.9 cm³/mol. The van der Waals surface area contributed by atoms with Crippen molar-refractivity contribution in [3.05, 3.63) is 29.8 Å². The van der Waals surface area contributed by atoms with Gasteiger partial charge in [0.05, 0.1) is 17.7 Å². The molecule has 2 nitrogen and oxygen atoms in total. The Bertz CT molecular complexity index is 419. The van der Waals surface area contributed by atoms with Crippen molar-refractivity contribution in [2.24, 2.45) is 0 Å². The van der Waals surface area contributed by atoms with E-state index in [1.54, 1.807) is 6.07 Å². The van der Waals surface area contributed by atoms with Crippen molar-refractivity contribution in [3.63, 3.8) is 0 Å². The molecule has 1 aromatic carbocycles. The third-order valence-corrected chi connectivity index (χ3v) is 3.55. The summed E-state index contributed by atoms with van der Waals surface area (Å²) in [5.41, 5.74) is -0.618. The zero-order chi connectivity index (χ0) is 13.9. The van der Waals surface area contributed by atoms with Crippen molar-refractivity contribution in [3.8, 4) is 0 Å². The van der Waals surface area contributed by atoms with E-state index in [0.29, 0.717) is 12.8 Å². The Labute approximate surface area is 110 Å². The quantitative estimate of drug-likeness (QED) is 0.803. The molecule has 0 radical (unpaired) electrons. The van der Waals surface area contributed by atoms with E-state index in [1.165, 1.54) is 12.1 Å². The van der Waals surface area contributed by atoms with E-state index in [2.05, 4.69) is 5.32 Å². The summed E-state index contributed by atoms with van der Waals surface area (Å²) in [6, 6.07) is 5.12. The number of hydrogen-bond acceptors (Lipinski definition) is 2. The molecule has 2 unspecified atom stereocenters. The molecule has 2 rings (SSSR count). The van der Waals surface area contributed by atoms with Gasteiger partial charge in [-0.25, -0.2) is 0 Å². The van der Waals surface area contributed by atoms with Gasteiger partial charge in [-0.05, 0) is 25.0 Å². The molecule has 0 spiro atoms. The van der Waals surface area contributed by atoms with E-state index >= 15 is 0 Å². The SMILES string of the molecule is OC1CCCCCC1Nc1ccccc1C(F)(F)F. The second kappa shape index (κ2) is 5.82. The molecular weight excluding hydrogens is 255 g/mol. The van der Waals surface area contributed by atoms with Gasteiger partial charge < -0.3 is 10.4 Å². The molecule has 19 heavy (non-hydrogen) atoms. The van der Waals surface area contributed by atoms with E-state index < -0.39 is 17.8 Å². The van der Waals surface area contributed by atoms with Gasteiger partial charge in [0.15, 0.2) is 0 Å². The molecule has 1 saturated carbocycles. The normalized spacial score (nSPS) is 24.8. The lowest BCUT2D eigenvalue weighted by Gasteiger charge is -2.25. The van der Waals surface area contributed by atoms with Gasteiger partial charge >= 0.3 is 6.18 Å². The second-order valence-corrected chi connectivity index (χ2v) is 5.00. The number of alkyl halides is 3. The molecule has 0 heterocycles. The summed E-state index contributed by atoms with van der Waals surface area (Å²) in [5.74, 6) is 0. The average Bonchev–Trinajstić information content (AvgIpc) is 2.54. The zero-order valence-corrected chi connectivity index (χ0v) is 10.6. The van der Waals surface area contributed by atoms with Gasteiger partial charge in [0.1, 0.15) is 0 Å². The molecule has 2 atom stereocenters. The second-order valence-electron chi connectivity index (χ2n) is 5.00. The first kappa shape index (κ1) is 14.2. The van der Waals surface area contributed by atoms with E-state index in [-0.39, 0.29) is 11.7 Å². The minimum atomic E-state index is -4.38. The molecule has 5 heteroatoms. The maximum absolute atomic E-state index is 12.9. The van der Waals surface area contributed by atoms with E-state index in [1.807, 2.05) is 0 Å². The minimum Gasteiger partial charge on any atom is -0.391 e. The Hall–Kier alpha value is -1.23. The van der Waals surface area contributed by atoms with Gasteiger partial charge in [-0.1, -0.05) is 31.4 Å². The van der Waals surface area contributed by atoms with E-state index in [0.717, 1.165) is 25.3 Å². The van der Waals surface area contributed by atoms with Crippen molar-refractivity contribution in [1.82, 2.24) is 0 Å². The van der Waals surface area contributed by atoms with Crippen LogP contribution in [-0.2, 0) is 6.18 Å². The number of rotatable bonds is 2. The smallest absolute Gasteiger partial charge is 0.391 e. The van der Waals surface area contributed by atoms with Crippen LogP contribution in [0.1, 0.15) is 37.7 Å². The molecule has 0 saturated heterocycles. The number of para-hydroxylation sites is 1. The summed E-state index contributed by atoms with van der Waals surface area (Å²) in [5, 5.41) is 12.8. The van der Waals surface area contributed by atoms with Crippen LogP contribution in [0.2, 0.25) is 0 Å². The number of hydrogen-bond donors (Lipinski definition) is 2. The lowest BCUT2D eigenvalue weighted by molar-refractivity contribution is -0.137. The lowest BCUT2D eigenvalue weighted by Crippen LogP contribution is -2.33. The topological polar surface area (TPSA) is 32.3 Å². The van der Waals surface area contributed by atoms with Crippen LogP contribution < -0.4 is 5.32 Å². The molecule has 1 aromatic rings. The Kier molecular flexibility index (Phi) is 4.34. The van der Waals surface area contributed by atoms with Crippen molar-refractivity contribution < 1.29 is 18.3 Å². The molecule has 0 bridgehead atoms. The molecule has 0 aliphatic heterocycles. The third-order valence-electron chi connectivity index (χ3n) is 3.55. The number of nitrogens with one attached hydrogen (secondary N) is 1. The van der Waals surface area contributed by atoms with E-state index in [4.69, 9.17) is 0 Å². The fourth-order valence-electron chi connectivity index (χ4n) is 2.51. The van der Waals surface area contributed by atoms with Crippen LogP contribution in [0.15, 0.2) is 24.3 Å². The first-order valence-electron chi connectivity index (χ1n) is 6.59. The van der Waals surface area contributed by atoms with Crippen molar-refractivity contribution >= 4 is 5.69 Å². The van der Waals surface area contributed by atoms with Crippen LogP contribution in [0, 0.1) is 0 Å². The summed E-state index contributed by atoms with van der Waals surface area (Å²) in [4.78, 5) is 0. The van der Waals surface area contributed by atoms with Crippen LogP contribution in [0.25, 0.3) is 0 Å². The number of halogens is 3. The molecule has 1 fully saturated rings. The molecular formula is C14H18F3NO. The lowest BCUT2D eigenvalue weighted by atomic mass is 10.0. The highest BCUT2D eigenvalue weighted by atomic mass is 19.4. The first-order chi connectivity index (χ1) is 8.98. The Morgan fingerprint density at radius 1 is 1.05 bits per heavy atom. The highest BCUT2D eigenvalue weighted by Crippen LogP contribution is 2.35. The van der Waals surface area contributed by atoms with Gasteiger partial charge in [-0.15, -0.1) is 0 Å². The maximum atomic E-state index is 12.9. The fourth-order valence-corrected chi connectivity index (χ4v) is 2.51. The van der Waals surface area contributed by atoms with E-state index in [9.17, 15) is 18.3 Å². The van der Waals surface area contributed by atoms with Crippen molar-refractivity contribution in [2.45, 2.75) is 50.4 Å². The molecule has 1 aliphatic carbocycles. The first-order valence-corrected chi connectivity index (χ1v) is 6.59. The number of aliphatic hydroxyl groups is 1. The largest absolute Gasteiger partial charge is 0.418 e. The Morgan fingerprint density at radius 2 is 1.74 bits per heavy atom. The summed E-state index contributed by atoms with van der Waals surface area (Å²) >= 11 is 0.